The topological polar surface area (TPSA) is 101 Å². The molecule has 0 radical (unpaired) electrons. The van der Waals surface area contributed by atoms with Crippen LogP contribution >= 0.6 is 0 Å². The predicted molar refractivity (Wildman–Crippen MR) is 119 cm³/mol. The number of nitrogens with one attached hydrogen (secondary N) is 2. The molecule has 0 spiro atoms. The standard InChI is InChI=1S/C23H17F3N6O/c1-12-30-19(20-21(27)28-7-8-32(12)20)13-5-6-16-17(11-29-18(16)9-13)22(33)31-15-4-2-3-14(10-15)23(24,25)26/h2-11,29H,1H3,(H2,27,28)(H,31,33). The first-order chi connectivity index (χ1) is 15.7. The summed E-state index contributed by atoms with van der Waals surface area (Å²) in [4.78, 5) is 24.6. The van der Waals surface area contributed by atoms with Gasteiger partial charge in [-0.25, -0.2) is 9.97 Å². The maximum atomic E-state index is 13.0. The van der Waals surface area contributed by atoms with Gasteiger partial charge in [-0.1, -0.05) is 18.2 Å². The third-order valence-electron chi connectivity index (χ3n) is 5.41. The molecule has 4 N–H and O–H groups in total. The van der Waals surface area contributed by atoms with Gasteiger partial charge in [0.2, 0.25) is 0 Å². The van der Waals surface area contributed by atoms with Crippen LogP contribution in [-0.4, -0.2) is 25.3 Å². The highest BCUT2D eigenvalue weighted by Crippen LogP contribution is 2.32. The van der Waals surface area contributed by atoms with E-state index in [2.05, 4.69) is 20.3 Å². The van der Waals surface area contributed by atoms with Crippen molar-refractivity contribution in [2.24, 2.45) is 0 Å². The zero-order chi connectivity index (χ0) is 23.3. The van der Waals surface area contributed by atoms with Crippen molar-refractivity contribution in [2.45, 2.75) is 13.1 Å². The number of carbonyl (C=O) groups excluding carboxylic acids is 1. The Morgan fingerprint density at radius 1 is 1.18 bits per heavy atom. The summed E-state index contributed by atoms with van der Waals surface area (Å²) in [5.74, 6) is 0.577. The summed E-state index contributed by atoms with van der Waals surface area (Å²) >= 11 is 0. The van der Waals surface area contributed by atoms with E-state index < -0.39 is 17.6 Å². The number of carbonyl (C=O) groups is 1. The molecule has 0 unspecified atom stereocenters. The zero-order valence-electron chi connectivity index (χ0n) is 17.2. The Balaban J connectivity index is 1.49. The maximum absolute atomic E-state index is 13.0. The summed E-state index contributed by atoms with van der Waals surface area (Å²) in [6, 6.07) is 9.91. The van der Waals surface area contributed by atoms with E-state index >= 15 is 0 Å². The third kappa shape index (κ3) is 3.55. The normalized spacial score (nSPS) is 11.9. The Morgan fingerprint density at radius 3 is 2.79 bits per heavy atom. The minimum atomic E-state index is -4.49. The highest BCUT2D eigenvalue weighted by atomic mass is 19.4. The van der Waals surface area contributed by atoms with Crippen molar-refractivity contribution in [3.05, 3.63) is 78.0 Å². The van der Waals surface area contributed by atoms with Crippen molar-refractivity contribution >= 4 is 33.8 Å². The number of benzene rings is 2. The Hall–Kier alpha value is -4.34. The van der Waals surface area contributed by atoms with Gasteiger partial charge >= 0.3 is 6.18 Å². The number of rotatable bonds is 3. The molecule has 0 aliphatic heterocycles. The number of H-pyrrole nitrogens is 1. The number of aryl methyl sites for hydroxylation is 1. The largest absolute Gasteiger partial charge is 0.416 e. The smallest absolute Gasteiger partial charge is 0.382 e. The summed E-state index contributed by atoms with van der Waals surface area (Å²) < 4.78 is 40.7. The molecule has 0 fully saturated rings. The molecule has 0 atom stereocenters. The van der Waals surface area contributed by atoms with Gasteiger partial charge in [0, 0.05) is 40.7 Å². The molecule has 0 saturated carbocycles. The number of aromatic nitrogens is 4. The predicted octanol–water partition coefficient (Wildman–Crippen LogP) is 5.04. The van der Waals surface area contributed by atoms with E-state index in [0.29, 0.717) is 33.5 Å². The number of imidazole rings is 1. The summed E-state index contributed by atoms with van der Waals surface area (Å²) in [5.41, 5.74) is 8.39. The van der Waals surface area contributed by atoms with Gasteiger partial charge in [-0.2, -0.15) is 13.2 Å². The first kappa shape index (κ1) is 20.6. The number of alkyl halides is 3. The highest BCUT2D eigenvalue weighted by molar-refractivity contribution is 6.13. The fourth-order valence-corrected chi connectivity index (χ4v) is 3.85. The van der Waals surface area contributed by atoms with Crippen LogP contribution in [0.5, 0.6) is 0 Å². The Morgan fingerprint density at radius 2 is 2.00 bits per heavy atom. The quantitative estimate of drug-likeness (QED) is 0.358. The van der Waals surface area contributed by atoms with Gasteiger partial charge in [-0.3, -0.25) is 9.20 Å². The number of fused-ring (bicyclic) bond motifs is 2. The van der Waals surface area contributed by atoms with Gasteiger partial charge in [0.1, 0.15) is 22.9 Å². The molecule has 7 nitrogen and oxygen atoms in total. The fourth-order valence-electron chi connectivity index (χ4n) is 3.85. The van der Waals surface area contributed by atoms with Crippen LogP contribution in [0.15, 0.2) is 61.1 Å². The molecule has 5 rings (SSSR count). The molecule has 3 aromatic heterocycles. The van der Waals surface area contributed by atoms with Gasteiger partial charge in [0.25, 0.3) is 5.91 Å². The molecule has 1 amide bonds. The van der Waals surface area contributed by atoms with Crippen LogP contribution in [0.3, 0.4) is 0 Å². The van der Waals surface area contributed by atoms with E-state index in [1.807, 2.05) is 23.5 Å². The molecule has 0 saturated heterocycles. The van der Waals surface area contributed by atoms with Crippen LogP contribution < -0.4 is 11.1 Å². The van der Waals surface area contributed by atoms with Crippen LogP contribution in [0.1, 0.15) is 21.7 Å². The molecule has 33 heavy (non-hydrogen) atoms. The minimum Gasteiger partial charge on any atom is -0.382 e. The van der Waals surface area contributed by atoms with Crippen molar-refractivity contribution in [1.29, 1.82) is 0 Å². The summed E-state index contributed by atoms with van der Waals surface area (Å²) in [6.45, 7) is 1.86. The second kappa shape index (κ2) is 7.37. The lowest BCUT2D eigenvalue weighted by Crippen LogP contribution is -2.12. The lowest BCUT2D eigenvalue weighted by atomic mass is 10.1. The third-order valence-corrected chi connectivity index (χ3v) is 5.41. The van der Waals surface area contributed by atoms with Crippen LogP contribution in [0.2, 0.25) is 0 Å². The average Bonchev–Trinajstić information content (AvgIpc) is 3.35. The van der Waals surface area contributed by atoms with Gasteiger partial charge < -0.3 is 16.0 Å². The van der Waals surface area contributed by atoms with E-state index in [4.69, 9.17) is 5.73 Å². The van der Waals surface area contributed by atoms with Crippen molar-refractivity contribution in [1.82, 2.24) is 19.4 Å². The molecule has 10 heteroatoms. The molecule has 0 aliphatic carbocycles. The number of nitrogens with zero attached hydrogens (tertiary/aromatic N) is 3. The molecular formula is C23H17F3N6O. The van der Waals surface area contributed by atoms with Gasteiger partial charge in [-0.05, 0) is 31.2 Å². The average molecular weight is 450 g/mol. The number of hydrogen-bond acceptors (Lipinski definition) is 4. The molecule has 0 bridgehead atoms. The second-order valence-corrected chi connectivity index (χ2v) is 7.53. The number of anilines is 2. The number of aromatic amines is 1. The first-order valence-electron chi connectivity index (χ1n) is 9.91. The van der Waals surface area contributed by atoms with E-state index in [-0.39, 0.29) is 5.69 Å². The maximum Gasteiger partial charge on any atom is 0.416 e. The summed E-state index contributed by atoms with van der Waals surface area (Å²) in [6.07, 6.45) is 0.404. The fraction of sp³-hybridized carbons (Fsp3) is 0.0870. The number of halogens is 3. The molecule has 166 valence electrons. The number of nitrogen functional groups attached to an aromatic ring is 1. The SMILES string of the molecule is Cc1nc(-c2ccc3c(C(=O)Nc4cccc(C(F)(F)F)c4)c[nH]c3c2)c2c(N)nccn12. The second-order valence-electron chi connectivity index (χ2n) is 7.53. The van der Waals surface area contributed by atoms with Gasteiger partial charge in [0.05, 0.1) is 11.1 Å². The lowest BCUT2D eigenvalue weighted by molar-refractivity contribution is -0.137. The molecule has 2 aromatic carbocycles. The van der Waals surface area contributed by atoms with E-state index in [9.17, 15) is 18.0 Å². The van der Waals surface area contributed by atoms with E-state index in [0.717, 1.165) is 23.5 Å². The van der Waals surface area contributed by atoms with Crippen molar-refractivity contribution in [2.75, 3.05) is 11.1 Å². The van der Waals surface area contributed by atoms with Crippen LogP contribution in [0, 0.1) is 6.92 Å². The zero-order valence-corrected chi connectivity index (χ0v) is 17.2. The minimum absolute atomic E-state index is 0.0590. The first-order valence-corrected chi connectivity index (χ1v) is 9.91. The highest BCUT2D eigenvalue weighted by Gasteiger charge is 2.30. The Labute approximate surface area is 185 Å². The van der Waals surface area contributed by atoms with Crippen LogP contribution in [0.25, 0.3) is 27.7 Å². The van der Waals surface area contributed by atoms with Crippen LogP contribution in [0.4, 0.5) is 24.7 Å². The Bertz CT molecular complexity index is 1530. The van der Waals surface area contributed by atoms with E-state index in [1.165, 1.54) is 18.3 Å². The van der Waals surface area contributed by atoms with Crippen molar-refractivity contribution in [3.8, 4) is 11.3 Å². The number of amides is 1. The molecular weight excluding hydrogens is 433 g/mol. The molecule has 3 heterocycles. The lowest BCUT2D eigenvalue weighted by Gasteiger charge is -2.09. The van der Waals surface area contributed by atoms with Crippen molar-refractivity contribution in [3.63, 3.8) is 0 Å². The summed E-state index contributed by atoms with van der Waals surface area (Å²) in [5, 5.41) is 3.15. The van der Waals surface area contributed by atoms with Crippen LogP contribution in [-0.2, 0) is 6.18 Å². The van der Waals surface area contributed by atoms with Gasteiger partial charge in [-0.15, -0.1) is 0 Å². The van der Waals surface area contributed by atoms with Gasteiger partial charge in [0.15, 0.2) is 0 Å². The molecule has 0 aliphatic rings. The number of nitrogens with two attached hydrogens (primary N) is 1. The van der Waals surface area contributed by atoms with E-state index in [1.54, 1.807) is 18.5 Å². The number of hydrogen-bond donors (Lipinski definition) is 3. The molecule has 5 aromatic rings. The summed E-state index contributed by atoms with van der Waals surface area (Å²) in [7, 11) is 0. The van der Waals surface area contributed by atoms with Crippen molar-refractivity contribution < 1.29 is 18.0 Å². The monoisotopic (exact) mass is 450 g/mol. The Kier molecular flexibility index (Phi) is 4.59.